The molecule has 3 aromatic rings. The average molecular weight is 455 g/mol. The maximum Gasteiger partial charge on any atom is 0.266 e. The molecule has 0 aliphatic carbocycles. The van der Waals surface area contributed by atoms with Crippen LogP contribution in [0.3, 0.4) is 0 Å². The molecule has 1 N–H and O–H groups in total. The Balaban J connectivity index is 1.73. The number of rotatable bonds is 7. The van der Waals surface area contributed by atoms with Gasteiger partial charge in [0.05, 0.1) is 24.2 Å². The predicted octanol–water partition coefficient (Wildman–Crippen LogP) is 5.74. The van der Waals surface area contributed by atoms with Crippen LogP contribution in [0, 0.1) is 5.82 Å². The van der Waals surface area contributed by atoms with Crippen LogP contribution in [-0.2, 0) is 4.79 Å². The van der Waals surface area contributed by atoms with Crippen molar-refractivity contribution in [2.24, 2.45) is 0 Å². The number of nitrogens with one attached hydrogen (secondary N) is 1. The molecule has 0 fully saturated rings. The lowest BCUT2D eigenvalue weighted by molar-refractivity contribution is -0.117. The second kappa shape index (κ2) is 9.52. The van der Waals surface area contributed by atoms with Crippen LogP contribution < -0.4 is 10.1 Å². The highest BCUT2D eigenvalue weighted by molar-refractivity contribution is 5.95. The Bertz CT molecular complexity index is 1210. The summed E-state index contributed by atoms with van der Waals surface area (Å²) in [6.45, 7) is 2.86. The maximum atomic E-state index is 14.7. The summed E-state index contributed by atoms with van der Waals surface area (Å²) < 4.78 is 46.5. The van der Waals surface area contributed by atoms with Gasteiger partial charge in [-0.15, -0.1) is 0 Å². The average Bonchev–Trinajstić information content (AvgIpc) is 2.83. The standard InChI is InChI=1S/C25H24F3N3O2/c1-15(17-4-3-5-18(24(17)26)25(27)28)30-21-6-9-29-22-13-23(33-2)19(12-20(21)22)16-7-10-31(14-32)11-8-16/h3-7,9,12-15,25H,8,10-11H2,1-2H3,(H,29,30). The van der Waals surface area contributed by atoms with Gasteiger partial charge < -0.3 is 15.0 Å². The summed E-state index contributed by atoms with van der Waals surface area (Å²) in [5.41, 5.74) is 2.89. The van der Waals surface area contributed by atoms with Crippen LogP contribution in [0.25, 0.3) is 16.5 Å². The second-order valence-electron chi connectivity index (χ2n) is 7.93. The third-order valence-electron chi connectivity index (χ3n) is 5.93. The number of hydrogen-bond donors (Lipinski definition) is 1. The first-order valence-corrected chi connectivity index (χ1v) is 10.6. The van der Waals surface area contributed by atoms with E-state index >= 15 is 0 Å². The van der Waals surface area contributed by atoms with Gasteiger partial charge in [0, 0.05) is 47.6 Å². The Morgan fingerprint density at radius 3 is 2.67 bits per heavy atom. The number of ether oxygens (including phenoxy) is 1. The molecule has 0 bridgehead atoms. The number of nitrogens with zero attached hydrogens (tertiary/aromatic N) is 2. The van der Waals surface area contributed by atoms with E-state index in [9.17, 15) is 18.0 Å². The molecular formula is C25H24F3N3O2. The number of methoxy groups -OCH3 is 1. The maximum absolute atomic E-state index is 14.7. The van der Waals surface area contributed by atoms with Crippen molar-refractivity contribution in [2.75, 3.05) is 25.5 Å². The molecule has 0 saturated carbocycles. The van der Waals surface area contributed by atoms with Crippen molar-refractivity contribution in [3.8, 4) is 5.75 Å². The Morgan fingerprint density at radius 1 is 1.21 bits per heavy atom. The van der Waals surface area contributed by atoms with E-state index in [0.29, 0.717) is 36.5 Å². The van der Waals surface area contributed by atoms with Gasteiger partial charge in [-0.25, -0.2) is 13.2 Å². The van der Waals surface area contributed by atoms with Crippen LogP contribution in [-0.4, -0.2) is 36.5 Å². The number of halogens is 3. The summed E-state index contributed by atoms with van der Waals surface area (Å²) in [6, 6.07) is 9.05. The van der Waals surface area contributed by atoms with Gasteiger partial charge in [0.25, 0.3) is 6.43 Å². The predicted molar refractivity (Wildman–Crippen MR) is 122 cm³/mol. The minimum Gasteiger partial charge on any atom is -0.496 e. The van der Waals surface area contributed by atoms with Crippen LogP contribution in [0.15, 0.2) is 48.7 Å². The van der Waals surface area contributed by atoms with Gasteiger partial charge in [-0.05, 0) is 31.1 Å². The van der Waals surface area contributed by atoms with E-state index in [-0.39, 0.29) is 5.56 Å². The van der Waals surface area contributed by atoms with Crippen LogP contribution >= 0.6 is 0 Å². The molecule has 5 nitrogen and oxygen atoms in total. The van der Waals surface area contributed by atoms with E-state index in [2.05, 4.69) is 10.3 Å². The number of hydrogen-bond acceptors (Lipinski definition) is 4. The van der Waals surface area contributed by atoms with Crippen LogP contribution in [0.1, 0.15) is 42.5 Å². The molecule has 8 heteroatoms. The van der Waals surface area contributed by atoms with Crippen molar-refractivity contribution in [1.29, 1.82) is 0 Å². The summed E-state index contributed by atoms with van der Waals surface area (Å²) in [4.78, 5) is 17.2. The summed E-state index contributed by atoms with van der Waals surface area (Å²) in [6.07, 6.45) is 2.27. The minimum atomic E-state index is -2.88. The number of carbonyl (C=O) groups is 1. The van der Waals surface area contributed by atoms with Crippen molar-refractivity contribution >= 4 is 28.6 Å². The Morgan fingerprint density at radius 2 is 2.00 bits per heavy atom. The molecule has 0 spiro atoms. The molecule has 1 unspecified atom stereocenters. The zero-order valence-electron chi connectivity index (χ0n) is 18.3. The Labute approximate surface area is 189 Å². The lowest BCUT2D eigenvalue weighted by Crippen LogP contribution is -2.26. The summed E-state index contributed by atoms with van der Waals surface area (Å²) in [7, 11) is 1.59. The molecule has 4 rings (SSSR count). The van der Waals surface area contributed by atoms with Gasteiger partial charge in [-0.3, -0.25) is 9.78 Å². The third-order valence-corrected chi connectivity index (χ3v) is 5.93. The van der Waals surface area contributed by atoms with Crippen LogP contribution in [0.5, 0.6) is 5.75 Å². The highest BCUT2D eigenvalue weighted by Gasteiger charge is 2.21. The van der Waals surface area contributed by atoms with E-state index in [1.807, 2.05) is 18.2 Å². The first-order chi connectivity index (χ1) is 15.9. The number of pyridine rings is 1. The number of carbonyl (C=O) groups excluding carboxylic acids is 1. The second-order valence-corrected chi connectivity index (χ2v) is 7.93. The zero-order valence-corrected chi connectivity index (χ0v) is 18.3. The molecule has 2 aromatic carbocycles. The van der Waals surface area contributed by atoms with E-state index < -0.39 is 23.8 Å². The van der Waals surface area contributed by atoms with Crippen LogP contribution in [0.2, 0.25) is 0 Å². The molecule has 1 aliphatic heterocycles. The van der Waals surface area contributed by atoms with E-state index in [0.717, 1.165) is 29.0 Å². The molecule has 0 saturated heterocycles. The highest BCUT2D eigenvalue weighted by Crippen LogP contribution is 2.37. The van der Waals surface area contributed by atoms with Crippen molar-refractivity contribution in [2.45, 2.75) is 25.8 Å². The van der Waals surface area contributed by atoms with Crippen molar-refractivity contribution in [3.05, 3.63) is 71.2 Å². The minimum absolute atomic E-state index is 0.162. The lowest BCUT2D eigenvalue weighted by Gasteiger charge is -2.24. The van der Waals surface area contributed by atoms with Crippen LogP contribution in [0.4, 0.5) is 18.9 Å². The van der Waals surface area contributed by atoms with Gasteiger partial charge in [-0.2, -0.15) is 0 Å². The Kier molecular flexibility index (Phi) is 6.53. The molecule has 33 heavy (non-hydrogen) atoms. The van der Waals surface area contributed by atoms with Gasteiger partial charge in [0.2, 0.25) is 6.41 Å². The quantitative estimate of drug-likeness (QED) is 0.462. The first-order valence-electron chi connectivity index (χ1n) is 10.6. The third kappa shape index (κ3) is 4.51. The Hall–Kier alpha value is -3.55. The van der Waals surface area contributed by atoms with Gasteiger partial charge in [0.1, 0.15) is 11.6 Å². The number of amides is 1. The summed E-state index contributed by atoms with van der Waals surface area (Å²) in [5.74, 6) is -0.234. The molecule has 0 radical (unpaired) electrons. The van der Waals surface area contributed by atoms with Crippen molar-refractivity contribution in [1.82, 2.24) is 9.88 Å². The number of alkyl halides is 2. The largest absolute Gasteiger partial charge is 0.496 e. The van der Waals surface area contributed by atoms with Gasteiger partial charge in [-0.1, -0.05) is 24.3 Å². The van der Waals surface area contributed by atoms with Crippen molar-refractivity contribution < 1.29 is 22.7 Å². The number of anilines is 1. The fourth-order valence-corrected chi connectivity index (χ4v) is 4.13. The molecule has 1 amide bonds. The number of fused-ring (bicyclic) bond motifs is 1. The molecule has 1 atom stereocenters. The van der Waals surface area contributed by atoms with Gasteiger partial charge >= 0.3 is 0 Å². The molecule has 172 valence electrons. The van der Waals surface area contributed by atoms with E-state index in [4.69, 9.17) is 4.74 Å². The molecule has 2 heterocycles. The van der Waals surface area contributed by atoms with E-state index in [1.165, 1.54) is 12.1 Å². The van der Waals surface area contributed by atoms with Gasteiger partial charge in [0.15, 0.2) is 0 Å². The monoisotopic (exact) mass is 455 g/mol. The number of benzene rings is 2. The fourth-order valence-electron chi connectivity index (χ4n) is 4.13. The lowest BCUT2D eigenvalue weighted by atomic mass is 9.96. The zero-order chi connectivity index (χ0) is 23.5. The SMILES string of the molecule is COc1cc2nccc(NC(C)c3cccc(C(F)F)c3F)c2cc1C1=CCN(C=O)CC1. The topological polar surface area (TPSA) is 54.5 Å². The summed E-state index contributed by atoms with van der Waals surface area (Å²) in [5, 5.41) is 4.05. The first kappa shape index (κ1) is 22.6. The fraction of sp³-hybridized carbons (Fsp3) is 0.280. The van der Waals surface area contributed by atoms with E-state index in [1.54, 1.807) is 31.2 Å². The van der Waals surface area contributed by atoms with Crippen molar-refractivity contribution in [3.63, 3.8) is 0 Å². The molecule has 1 aromatic heterocycles. The number of aromatic nitrogens is 1. The molecular weight excluding hydrogens is 431 g/mol. The normalized spacial score (nSPS) is 14.8. The smallest absolute Gasteiger partial charge is 0.266 e. The highest BCUT2D eigenvalue weighted by atomic mass is 19.3. The molecule has 1 aliphatic rings. The summed E-state index contributed by atoms with van der Waals surface area (Å²) >= 11 is 0.